The molecule has 2 aromatic carbocycles. The summed E-state index contributed by atoms with van der Waals surface area (Å²) in [6, 6.07) is 10.4. The summed E-state index contributed by atoms with van der Waals surface area (Å²) < 4.78 is 66.8. The van der Waals surface area contributed by atoms with Gasteiger partial charge < -0.3 is 0 Å². The average molecular weight is 446 g/mol. The van der Waals surface area contributed by atoms with Crippen LogP contribution in [0.1, 0.15) is 23.6 Å². The van der Waals surface area contributed by atoms with Gasteiger partial charge in [-0.2, -0.15) is 17.5 Å². The molecule has 1 aliphatic rings. The number of nitro groups is 1. The lowest BCUT2D eigenvalue weighted by molar-refractivity contribution is -0.387. The number of rotatable bonds is 5. The topological polar surface area (TPSA) is 80.5 Å². The van der Waals surface area contributed by atoms with Gasteiger partial charge in [-0.05, 0) is 36.7 Å². The summed E-state index contributed by atoms with van der Waals surface area (Å²) in [5.74, 6) is 0. The van der Waals surface area contributed by atoms with E-state index in [0.717, 1.165) is 22.0 Å². The van der Waals surface area contributed by atoms with Gasteiger partial charge in [0.2, 0.25) is 0 Å². The minimum Gasteiger partial charge on any atom is -0.258 e. The quantitative estimate of drug-likeness (QED) is 0.493. The maximum absolute atomic E-state index is 13.3. The molecule has 0 bridgehead atoms. The number of halogens is 3. The van der Waals surface area contributed by atoms with Gasteiger partial charge in [-0.25, -0.2) is 8.42 Å². The van der Waals surface area contributed by atoms with Crippen molar-refractivity contribution >= 4 is 27.5 Å². The number of aryl methyl sites for hydroxylation is 1. The number of para-hydroxylation sites is 1. The molecule has 0 aliphatic carbocycles. The molecule has 156 valence electrons. The molecule has 11 heteroatoms. The van der Waals surface area contributed by atoms with Crippen LogP contribution >= 0.6 is 11.8 Å². The molecule has 2 atom stereocenters. The van der Waals surface area contributed by atoms with Crippen molar-refractivity contribution in [1.82, 2.24) is 4.31 Å². The van der Waals surface area contributed by atoms with Crippen molar-refractivity contribution in [2.24, 2.45) is 0 Å². The van der Waals surface area contributed by atoms with Crippen LogP contribution in [0.5, 0.6) is 0 Å². The summed E-state index contributed by atoms with van der Waals surface area (Å²) in [7, 11) is -4.40. The molecule has 2 aromatic rings. The van der Waals surface area contributed by atoms with E-state index >= 15 is 0 Å². The van der Waals surface area contributed by atoms with Crippen LogP contribution in [-0.2, 0) is 10.0 Å². The maximum Gasteiger partial charge on any atom is 0.442 e. The van der Waals surface area contributed by atoms with E-state index in [9.17, 15) is 31.7 Å². The standard InChI is InChI=1S/C18H17F3N2O4S2/c1-12-5-4-6-13(11-12)17-15(28-18(19,20)21)9-10-22(17)29(26,27)16-8-3-2-7-14(16)23(24)25/h2-8,11,15,17H,9-10H2,1H3/t15-,17+/m0/s1. The van der Waals surface area contributed by atoms with Crippen molar-refractivity contribution in [3.63, 3.8) is 0 Å². The van der Waals surface area contributed by atoms with Crippen molar-refractivity contribution < 1.29 is 26.5 Å². The Morgan fingerprint density at radius 2 is 1.86 bits per heavy atom. The number of hydrogen-bond donors (Lipinski definition) is 0. The van der Waals surface area contributed by atoms with E-state index in [1.54, 1.807) is 31.2 Å². The first-order valence-electron chi connectivity index (χ1n) is 8.57. The fraction of sp³-hybridized carbons (Fsp3) is 0.333. The molecule has 0 saturated carbocycles. The minimum atomic E-state index is -4.54. The predicted octanol–water partition coefficient (Wildman–Crippen LogP) is 4.66. The average Bonchev–Trinajstić information content (AvgIpc) is 3.04. The van der Waals surface area contributed by atoms with Crippen LogP contribution in [-0.4, -0.2) is 34.9 Å². The first-order valence-corrected chi connectivity index (χ1v) is 10.9. The zero-order chi connectivity index (χ0) is 21.4. The van der Waals surface area contributed by atoms with Gasteiger partial charge in [-0.1, -0.05) is 42.0 Å². The Labute approximate surface area is 169 Å². The Hall–Kier alpha value is -2.11. The van der Waals surface area contributed by atoms with E-state index in [-0.39, 0.29) is 24.7 Å². The fourth-order valence-electron chi connectivity index (χ4n) is 3.49. The molecule has 29 heavy (non-hydrogen) atoms. The largest absolute Gasteiger partial charge is 0.442 e. The lowest BCUT2D eigenvalue weighted by Crippen LogP contribution is -2.33. The third-order valence-corrected chi connectivity index (χ3v) is 7.61. The van der Waals surface area contributed by atoms with Crippen molar-refractivity contribution in [1.29, 1.82) is 0 Å². The van der Waals surface area contributed by atoms with Crippen LogP contribution in [0.4, 0.5) is 18.9 Å². The summed E-state index contributed by atoms with van der Waals surface area (Å²) in [4.78, 5) is 9.96. The zero-order valence-electron chi connectivity index (χ0n) is 15.2. The predicted molar refractivity (Wildman–Crippen MR) is 103 cm³/mol. The monoisotopic (exact) mass is 446 g/mol. The number of benzene rings is 2. The number of hydrogen-bond acceptors (Lipinski definition) is 5. The van der Waals surface area contributed by atoms with Gasteiger partial charge in [-0.3, -0.25) is 10.1 Å². The van der Waals surface area contributed by atoms with Crippen molar-refractivity contribution in [3.05, 3.63) is 69.8 Å². The highest BCUT2D eigenvalue weighted by atomic mass is 32.2. The molecular formula is C18H17F3N2O4S2. The van der Waals surface area contributed by atoms with Gasteiger partial charge in [0, 0.05) is 17.9 Å². The van der Waals surface area contributed by atoms with Crippen LogP contribution in [0.3, 0.4) is 0 Å². The van der Waals surface area contributed by atoms with Crippen LogP contribution in [0.2, 0.25) is 0 Å². The Morgan fingerprint density at radius 1 is 1.17 bits per heavy atom. The number of nitrogens with zero attached hydrogens (tertiary/aromatic N) is 2. The Balaban J connectivity index is 2.10. The SMILES string of the molecule is Cc1cccc([C@@H]2[C@@H](SC(F)(F)F)CCN2S(=O)(=O)c2ccccc2[N+](=O)[O-])c1. The molecule has 0 amide bonds. The Bertz CT molecular complexity index is 1030. The molecule has 0 radical (unpaired) electrons. The normalized spacial score (nSPS) is 20.7. The lowest BCUT2D eigenvalue weighted by atomic mass is 10.0. The Morgan fingerprint density at radius 3 is 2.48 bits per heavy atom. The van der Waals surface area contributed by atoms with E-state index in [1.807, 2.05) is 0 Å². The third kappa shape index (κ3) is 4.57. The van der Waals surface area contributed by atoms with E-state index < -0.39 is 42.3 Å². The third-order valence-electron chi connectivity index (χ3n) is 4.61. The van der Waals surface area contributed by atoms with Crippen LogP contribution < -0.4 is 0 Å². The summed E-state index contributed by atoms with van der Waals surface area (Å²) in [6.07, 6.45) is -0.0252. The fourth-order valence-corrected chi connectivity index (χ4v) is 6.39. The number of nitro benzene ring substituents is 1. The summed E-state index contributed by atoms with van der Waals surface area (Å²) in [5.41, 5.74) is -3.95. The van der Waals surface area contributed by atoms with Crippen LogP contribution in [0.25, 0.3) is 0 Å². The maximum atomic E-state index is 13.3. The highest BCUT2D eigenvalue weighted by Gasteiger charge is 2.48. The minimum absolute atomic E-state index is 0.0252. The van der Waals surface area contributed by atoms with E-state index in [0.29, 0.717) is 5.56 Å². The van der Waals surface area contributed by atoms with Gasteiger partial charge in [0.15, 0.2) is 4.90 Å². The molecule has 6 nitrogen and oxygen atoms in total. The summed E-state index contributed by atoms with van der Waals surface area (Å²) in [5, 5.41) is 10.2. The molecule has 1 heterocycles. The number of sulfonamides is 1. The molecule has 0 spiro atoms. The van der Waals surface area contributed by atoms with Crippen molar-refractivity contribution in [3.8, 4) is 0 Å². The van der Waals surface area contributed by atoms with Gasteiger partial charge in [0.05, 0.1) is 11.0 Å². The molecule has 1 fully saturated rings. The summed E-state index contributed by atoms with van der Waals surface area (Å²) in [6.45, 7) is 1.59. The van der Waals surface area contributed by atoms with Gasteiger partial charge in [-0.15, -0.1) is 0 Å². The van der Waals surface area contributed by atoms with Gasteiger partial charge >= 0.3 is 5.51 Å². The Kier molecular flexibility index (Phi) is 5.93. The van der Waals surface area contributed by atoms with Gasteiger partial charge in [0.1, 0.15) is 0 Å². The second-order valence-corrected chi connectivity index (χ2v) is 9.75. The molecule has 1 saturated heterocycles. The molecule has 0 N–H and O–H groups in total. The number of thioether (sulfide) groups is 1. The summed E-state index contributed by atoms with van der Waals surface area (Å²) >= 11 is -0.241. The molecular weight excluding hydrogens is 429 g/mol. The highest BCUT2D eigenvalue weighted by Crippen LogP contribution is 2.48. The van der Waals surface area contributed by atoms with E-state index in [2.05, 4.69) is 0 Å². The van der Waals surface area contributed by atoms with Crippen molar-refractivity contribution in [2.75, 3.05) is 6.54 Å². The lowest BCUT2D eigenvalue weighted by Gasteiger charge is -2.28. The second-order valence-electron chi connectivity index (χ2n) is 6.59. The molecule has 0 aromatic heterocycles. The van der Waals surface area contributed by atoms with E-state index in [1.165, 1.54) is 12.1 Å². The highest BCUT2D eigenvalue weighted by molar-refractivity contribution is 8.00. The van der Waals surface area contributed by atoms with Crippen LogP contribution in [0.15, 0.2) is 53.4 Å². The van der Waals surface area contributed by atoms with Gasteiger partial charge in [0.25, 0.3) is 15.7 Å². The molecule has 3 rings (SSSR count). The first kappa shape index (κ1) is 21.6. The van der Waals surface area contributed by atoms with Crippen LogP contribution in [0, 0.1) is 17.0 Å². The first-order chi connectivity index (χ1) is 13.5. The second kappa shape index (κ2) is 7.96. The smallest absolute Gasteiger partial charge is 0.258 e. The zero-order valence-corrected chi connectivity index (χ0v) is 16.8. The number of alkyl halides is 3. The molecule has 1 aliphatic heterocycles. The van der Waals surface area contributed by atoms with E-state index in [4.69, 9.17) is 0 Å². The van der Waals surface area contributed by atoms with Crippen molar-refractivity contribution in [2.45, 2.75) is 35.0 Å². The molecule has 0 unspecified atom stereocenters.